The van der Waals surface area contributed by atoms with Gasteiger partial charge in [-0.25, -0.2) is 12.7 Å². The molecule has 0 aromatic carbocycles. The number of rotatable bonds is 5. The van der Waals surface area contributed by atoms with E-state index in [-0.39, 0.29) is 23.6 Å². The minimum Gasteiger partial charge on any atom is -0.379 e. The fraction of sp³-hybridized carbons (Fsp3) is 0.688. The summed E-state index contributed by atoms with van der Waals surface area (Å²) in [5.41, 5.74) is 2.48. The van der Waals surface area contributed by atoms with Gasteiger partial charge in [0.15, 0.2) is 0 Å². The molecular formula is C16H24N2O4S2. The molecular weight excluding hydrogens is 348 g/mol. The van der Waals surface area contributed by atoms with E-state index < -0.39 is 10.0 Å². The fourth-order valence-electron chi connectivity index (χ4n) is 3.29. The molecule has 24 heavy (non-hydrogen) atoms. The topological polar surface area (TPSA) is 75.7 Å². The molecule has 6 nitrogen and oxygen atoms in total. The SMILES string of the molecule is CN(C)S(=O)(=O)C[C@@H]1COC[C@H]1NC(=O)c1scc2c1CCCC2. The molecule has 2 aliphatic rings. The van der Waals surface area contributed by atoms with E-state index in [4.69, 9.17) is 4.74 Å². The first kappa shape index (κ1) is 17.8. The lowest BCUT2D eigenvalue weighted by Gasteiger charge is -2.21. The Balaban J connectivity index is 1.68. The number of fused-ring (bicyclic) bond motifs is 1. The summed E-state index contributed by atoms with van der Waals surface area (Å²) in [4.78, 5) is 13.4. The van der Waals surface area contributed by atoms with Gasteiger partial charge in [0.05, 0.1) is 29.9 Å². The number of aryl methyl sites for hydroxylation is 1. The smallest absolute Gasteiger partial charge is 0.261 e. The van der Waals surface area contributed by atoms with Gasteiger partial charge in [-0.05, 0) is 42.2 Å². The van der Waals surface area contributed by atoms with E-state index in [1.807, 2.05) is 0 Å². The Labute approximate surface area is 147 Å². The first-order valence-corrected chi connectivity index (χ1v) is 10.8. The Morgan fingerprint density at radius 2 is 2.08 bits per heavy atom. The molecule has 0 saturated carbocycles. The van der Waals surface area contributed by atoms with Gasteiger partial charge in [-0.2, -0.15) is 0 Å². The van der Waals surface area contributed by atoms with E-state index in [9.17, 15) is 13.2 Å². The number of hydrogen-bond donors (Lipinski definition) is 1. The molecule has 2 heterocycles. The van der Waals surface area contributed by atoms with Gasteiger partial charge in [0.1, 0.15) is 0 Å². The van der Waals surface area contributed by atoms with Gasteiger partial charge >= 0.3 is 0 Å². The zero-order valence-electron chi connectivity index (χ0n) is 14.1. The van der Waals surface area contributed by atoms with Crippen molar-refractivity contribution in [3.05, 3.63) is 21.4 Å². The van der Waals surface area contributed by atoms with Crippen LogP contribution in [0.25, 0.3) is 0 Å². The van der Waals surface area contributed by atoms with Gasteiger partial charge in [-0.3, -0.25) is 4.79 Å². The van der Waals surface area contributed by atoms with Gasteiger partial charge in [-0.1, -0.05) is 0 Å². The summed E-state index contributed by atoms with van der Waals surface area (Å²) in [5, 5.41) is 5.09. The largest absolute Gasteiger partial charge is 0.379 e. The highest BCUT2D eigenvalue weighted by molar-refractivity contribution is 7.89. The van der Waals surface area contributed by atoms with Gasteiger partial charge in [0.2, 0.25) is 10.0 Å². The Hall–Kier alpha value is -0.960. The summed E-state index contributed by atoms with van der Waals surface area (Å²) in [5.74, 6) is -0.309. The maximum atomic E-state index is 12.7. The number of nitrogens with zero attached hydrogens (tertiary/aromatic N) is 1. The molecule has 1 amide bonds. The lowest BCUT2D eigenvalue weighted by molar-refractivity contribution is 0.0929. The first-order valence-electron chi connectivity index (χ1n) is 8.26. The molecule has 1 aliphatic heterocycles. The average molecular weight is 373 g/mol. The molecule has 1 aromatic rings. The molecule has 0 unspecified atom stereocenters. The van der Waals surface area contributed by atoms with Crippen LogP contribution in [0.3, 0.4) is 0 Å². The van der Waals surface area contributed by atoms with Crippen molar-refractivity contribution in [2.45, 2.75) is 31.7 Å². The molecule has 0 spiro atoms. The highest BCUT2D eigenvalue weighted by Crippen LogP contribution is 2.30. The zero-order chi connectivity index (χ0) is 17.3. The number of carbonyl (C=O) groups is 1. The van der Waals surface area contributed by atoms with Crippen molar-refractivity contribution >= 4 is 27.3 Å². The van der Waals surface area contributed by atoms with Crippen molar-refractivity contribution in [1.82, 2.24) is 9.62 Å². The van der Waals surface area contributed by atoms with Crippen LogP contribution in [0.5, 0.6) is 0 Å². The van der Waals surface area contributed by atoms with Crippen molar-refractivity contribution in [3.8, 4) is 0 Å². The van der Waals surface area contributed by atoms with Crippen LogP contribution in [0.1, 0.15) is 33.6 Å². The van der Waals surface area contributed by atoms with E-state index >= 15 is 0 Å². The zero-order valence-corrected chi connectivity index (χ0v) is 15.7. The third-order valence-electron chi connectivity index (χ3n) is 4.81. The second-order valence-electron chi connectivity index (χ2n) is 6.71. The van der Waals surface area contributed by atoms with Crippen LogP contribution < -0.4 is 5.32 Å². The van der Waals surface area contributed by atoms with Crippen LogP contribution in [0.15, 0.2) is 5.38 Å². The van der Waals surface area contributed by atoms with Crippen molar-refractivity contribution < 1.29 is 17.9 Å². The van der Waals surface area contributed by atoms with E-state index in [1.165, 1.54) is 47.3 Å². The van der Waals surface area contributed by atoms with E-state index in [0.29, 0.717) is 13.2 Å². The van der Waals surface area contributed by atoms with E-state index in [2.05, 4.69) is 10.7 Å². The molecule has 1 N–H and O–H groups in total. The van der Waals surface area contributed by atoms with Crippen molar-refractivity contribution in [2.75, 3.05) is 33.1 Å². The molecule has 1 saturated heterocycles. The summed E-state index contributed by atoms with van der Waals surface area (Å²) in [7, 11) is -0.265. The molecule has 1 aromatic heterocycles. The number of ether oxygens (including phenoxy) is 1. The molecule has 2 atom stereocenters. The molecule has 1 fully saturated rings. The van der Waals surface area contributed by atoms with Crippen molar-refractivity contribution in [1.29, 1.82) is 0 Å². The standard InChI is InChI=1S/C16H24N2O4S2/c1-18(2)24(20,21)10-12-7-22-8-14(12)17-16(19)15-13-6-4-3-5-11(13)9-23-15/h9,12,14H,3-8,10H2,1-2H3,(H,17,19)/t12-,14+/m0/s1. The fourth-order valence-corrected chi connectivity index (χ4v) is 5.52. The van der Waals surface area contributed by atoms with Gasteiger partial charge < -0.3 is 10.1 Å². The Morgan fingerprint density at radius 1 is 1.33 bits per heavy atom. The van der Waals surface area contributed by atoms with E-state index in [1.54, 1.807) is 0 Å². The lowest BCUT2D eigenvalue weighted by atomic mass is 9.93. The van der Waals surface area contributed by atoms with Crippen LogP contribution >= 0.6 is 11.3 Å². The van der Waals surface area contributed by atoms with Gasteiger partial charge in [0.25, 0.3) is 5.91 Å². The van der Waals surface area contributed by atoms with Crippen LogP contribution in [0, 0.1) is 5.92 Å². The minimum absolute atomic E-state index is 0.00645. The Morgan fingerprint density at radius 3 is 2.83 bits per heavy atom. The second-order valence-corrected chi connectivity index (χ2v) is 9.82. The van der Waals surface area contributed by atoms with Crippen LogP contribution in [0.4, 0.5) is 0 Å². The second kappa shape index (κ2) is 7.11. The van der Waals surface area contributed by atoms with E-state index in [0.717, 1.165) is 24.1 Å². The highest BCUT2D eigenvalue weighted by atomic mass is 32.2. The minimum atomic E-state index is -3.31. The lowest BCUT2D eigenvalue weighted by Crippen LogP contribution is -2.43. The molecule has 0 radical (unpaired) electrons. The number of amides is 1. The monoisotopic (exact) mass is 372 g/mol. The van der Waals surface area contributed by atoms with Crippen molar-refractivity contribution in [2.24, 2.45) is 5.92 Å². The Kier molecular flexibility index (Phi) is 5.29. The average Bonchev–Trinajstić information content (AvgIpc) is 3.13. The van der Waals surface area contributed by atoms with Crippen LogP contribution in [0.2, 0.25) is 0 Å². The van der Waals surface area contributed by atoms with Crippen LogP contribution in [-0.2, 0) is 27.6 Å². The molecule has 8 heteroatoms. The van der Waals surface area contributed by atoms with Crippen LogP contribution in [-0.4, -0.2) is 57.7 Å². The normalized spacial score (nSPS) is 24.1. The van der Waals surface area contributed by atoms with Crippen molar-refractivity contribution in [3.63, 3.8) is 0 Å². The van der Waals surface area contributed by atoms with Gasteiger partial charge in [0, 0.05) is 20.0 Å². The number of thiophene rings is 1. The maximum Gasteiger partial charge on any atom is 0.261 e. The molecule has 0 bridgehead atoms. The highest BCUT2D eigenvalue weighted by Gasteiger charge is 2.35. The number of sulfonamides is 1. The number of hydrogen-bond acceptors (Lipinski definition) is 5. The summed E-state index contributed by atoms with van der Waals surface area (Å²) in [6.07, 6.45) is 4.32. The van der Waals surface area contributed by atoms with Gasteiger partial charge in [-0.15, -0.1) is 11.3 Å². The summed E-state index contributed by atoms with van der Waals surface area (Å²) in [6, 6.07) is -0.256. The third-order valence-corrected chi connectivity index (χ3v) is 7.84. The molecule has 3 rings (SSSR count). The quantitative estimate of drug-likeness (QED) is 0.844. The number of nitrogens with one attached hydrogen (secondary N) is 1. The summed E-state index contributed by atoms with van der Waals surface area (Å²) < 4.78 is 30.8. The molecule has 134 valence electrons. The summed E-state index contributed by atoms with van der Waals surface area (Å²) in [6.45, 7) is 0.730. The predicted molar refractivity (Wildman–Crippen MR) is 94.0 cm³/mol. The molecule has 1 aliphatic carbocycles. The Bertz CT molecular complexity index is 712. The predicted octanol–water partition coefficient (Wildman–Crippen LogP) is 1.26. The third kappa shape index (κ3) is 3.66. The maximum absolute atomic E-state index is 12.7. The number of carbonyl (C=O) groups excluding carboxylic acids is 1. The first-order chi connectivity index (χ1) is 11.4. The summed E-state index contributed by atoms with van der Waals surface area (Å²) >= 11 is 1.50.